The molecule has 0 radical (unpaired) electrons. The van der Waals surface area contributed by atoms with Gasteiger partial charge in [-0.15, -0.1) is 0 Å². The van der Waals surface area contributed by atoms with Gasteiger partial charge in [-0.3, -0.25) is 4.79 Å². The molecule has 0 heterocycles. The molecule has 1 rings (SSSR count). The van der Waals surface area contributed by atoms with Crippen molar-refractivity contribution in [2.75, 3.05) is 18.4 Å². The molecule has 1 aromatic rings. The van der Waals surface area contributed by atoms with Gasteiger partial charge in [0.15, 0.2) is 0 Å². The number of carboxylic acid groups (broad SMARTS) is 1. The number of amides is 2. The standard InChI is InChI=1S/C12H14BrIN2O3/c1-2-5-16(7-11(17)18)12(19)15-10-6-8(14)3-4-9(10)13/h3-4,6H,2,5,7H2,1H3,(H,15,19)(H,17,18). The van der Waals surface area contributed by atoms with Crippen LogP contribution in [0.5, 0.6) is 0 Å². The summed E-state index contributed by atoms with van der Waals surface area (Å²) in [6.45, 7) is 1.99. The van der Waals surface area contributed by atoms with Gasteiger partial charge in [-0.1, -0.05) is 6.92 Å². The van der Waals surface area contributed by atoms with E-state index in [4.69, 9.17) is 5.11 Å². The molecule has 1 aromatic carbocycles. The minimum Gasteiger partial charge on any atom is -0.480 e. The number of urea groups is 1. The number of carbonyl (C=O) groups is 2. The Hall–Kier alpha value is -0.830. The van der Waals surface area contributed by atoms with Crippen molar-refractivity contribution in [3.63, 3.8) is 0 Å². The number of halogens is 2. The molecular formula is C12H14BrIN2O3. The van der Waals surface area contributed by atoms with Gasteiger partial charge in [0, 0.05) is 14.6 Å². The summed E-state index contributed by atoms with van der Waals surface area (Å²) < 4.78 is 1.74. The summed E-state index contributed by atoms with van der Waals surface area (Å²) in [5, 5.41) is 11.5. The zero-order chi connectivity index (χ0) is 14.4. The maximum absolute atomic E-state index is 12.0. The summed E-state index contributed by atoms with van der Waals surface area (Å²) in [4.78, 5) is 24.0. The maximum Gasteiger partial charge on any atom is 0.323 e. The van der Waals surface area contributed by atoms with Crippen LogP contribution in [0.15, 0.2) is 22.7 Å². The van der Waals surface area contributed by atoms with E-state index in [9.17, 15) is 9.59 Å². The molecule has 19 heavy (non-hydrogen) atoms. The summed E-state index contributed by atoms with van der Waals surface area (Å²) in [5.41, 5.74) is 0.628. The molecule has 2 N–H and O–H groups in total. The van der Waals surface area contributed by atoms with Crippen LogP contribution >= 0.6 is 38.5 Å². The number of nitrogens with zero attached hydrogens (tertiary/aromatic N) is 1. The molecule has 0 saturated carbocycles. The fourth-order valence-corrected chi connectivity index (χ4v) is 2.31. The van der Waals surface area contributed by atoms with E-state index in [2.05, 4.69) is 43.8 Å². The number of carbonyl (C=O) groups excluding carboxylic acids is 1. The van der Waals surface area contributed by atoms with E-state index < -0.39 is 12.0 Å². The van der Waals surface area contributed by atoms with Crippen molar-refractivity contribution in [3.8, 4) is 0 Å². The van der Waals surface area contributed by atoms with Crippen molar-refractivity contribution < 1.29 is 14.7 Å². The number of hydrogen-bond acceptors (Lipinski definition) is 2. The molecule has 0 aliphatic rings. The Morgan fingerprint density at radius 3 is 2.74 bits per heavy atom. The van der Waals surface area contributed by atoms with Crippen molar-refractivity contribution in [2.45, 2.75) is 13.3 Å². The maximum atomic E-state index is 12.0. The predicted molar refractivity (Wildman–Crippen MR) is 85.4 cm³/mol. The third kappa shape index (κ3) is 5.35. The van der Waals surface area contributed by atoms with Crippen LogP contribution in [0, 0.1) is 3.57 Å². The first-order valence-electron chi connectivity index (χ1n) is 5.66. The van der Waals surface area contributed by atoms with Gasteiger partial charge in [-0.2, -0.15) is 0 Å². The van der Waals surface area contributed by atoms with Gasteiger partial charge in [0.25, 0.3) is 0 Å². The normalized spacial score (nSPS) is 10.1. The summed E-state index contributed by atoms with van der Waals surface area (Å²) in [7, 11) is 0. The molecule has 0 saturated heterocycles. The molecule has 0 fully saturated rings. The molecule has 104 valence electrons. The lowest BCUT2D eigenvalue weighted by Gasteiger charge is -2.21. The van der Waals surface area contributed by atoms with Gasteiger partial charge in [0.2, 0.25) is 0 Å². The molecule has 5 nitrogen and oxygen atoms in total. The zero-order valence-electron chi connectivity index (χ0n) is 10.3. The first-order chi connectivity index (χ1) is 8.93. The van der Waals surface area contributed by atoms with Crippen LogP contribution in [-0.4, -0.2) is 35.1 Å². The van der Waals surface area contributed by atoms with Crippen LogP contribution in [-0.2, 0) is 4.79 Å². The van der Waals surface area contributed by atoms with Crippen LogP contribution in [0.4, 0.5) is 10.5 Å². The Kier molecular flexibility index (Phi) is 6.56. The summed E-state index contributed by atoms with van der Waals surface area (Å²) in [5.74, 6) is -1.02. The lowest BCUT2D eigenvalue weighted by atomic mass is 10.3. The molecule has 0 unspecified atom stereocenters. The quantitative estimate of drug-likeness (QED) is 0.689. The van der Waals surface area contributed by atoms with Gasteiger partial charge in [-0.25, -0.2) is 4.79 Å². The molecule has 7 heteroatoms. The summed E-state index contributed by atoms with van der Waals surface area (Å²) in [6.07, 6.45) is 0.703. The van der Waals surface area contributed by atoms with Gasteiger partial charge in [-0.05, 0) is 63.1 Å². The molecule has 0 aromatic heterocycles. The van der Waals surface area contributed by atoms with Crippen molar-refractivity contribution in [3.05, 3.63) is 26.2 Å². The monoisotopic (exact) mass is 440 g/mol. The number of nitrogens with one attached hydrogen (secondary N) is 1. The highest BCUT2D eigenvalue weighted by molar-refractivity contribution is 14.1. The molecular weight excluding hydrogens is 427 g/mol. The number of carboxylic acids is 1. The van der Waals surface area contributed by atoms with Crippen LogP contribution in [0.25, 0.3) is 0 Å². The highest BCUT2D eigenvalue weighted by atomic mass is 127. The van der Waals surface area contributed by atoms with Crippen LogP contribution in [0.1, 0.15) is 13.3 Å². The third-order valence-electron chi connectivity index (χ3n) is 2.28. The molecule has 0 bridgehead atoms. The average Bonchev–Trinajstić information content (AvgIpc) is 2.32. The Labute approximate surface area is 133 Å². The van der Waals surface area contributed by atoms with E-state index in [-0.39, 0.29) is 6.54 Å². The Balaban J connectivity index is 2.80. The minimum absolute atomic E-state index is 0.304. The van der Waals surface area contributed by atoms with Crippen molar-refractivity contribution in [1.29, 1.82) is 0 Å². The molecule has 0 aliphatic heterocycles. The summed E-state index contributed by atoms with van der Waals surface area (Å²) >= 11 is 5.49. The van der Waals surface area contributed by atoms with E-state index in [1.165, 1.54) is 4.90 Å². The smallest absolute Gasteiger partial charge is 0.323 e. The van der Waals surface area contributed by atoms with Gasteiger partial charge >= 0.3 is 12.0 Å². The van der Waals surface area contributed by atoms with E-state index in [1.807, 2.05) is 25.1 Å². The van der Waals surface area contributed by atoms with Gasteiger partial charge in [0.1, 0.15) is 6.54 Å². The first-order valence-corrected chi connectivity index (χ1v) is 7.54. The minimum atomic E-state index is -1.02. The van der Waals surface area contributed by atoms with E-state index >= 15 is 0 Å². The molecule has 0 atom stereocenters. The zero-order valence-corrected chi connectivity index (χ0v) is 14.1. The van der Waals surface area contributed by atoms with Crippen molar-refractivity contribution in [2.24, 2.45) is 0 Å². The molecule has 2 amide bonds. The van der Waals surface area contributed by atoms with Crippen LogP contribution in [0.2, 0.25) is 0 Å². The topological polar surface area (TPSA) is 69.6 Å². The fraction of sp³-hybridized carbons (Fsp3) is 0.333. The number of benzene rings is 1. The second kappa shape index (κ2) is 7.68. The fourth-order valence-electron chi connectivity index (χ4n) is 1.47. The third-order valence-corrected chi connectivity index (χ3v) is 3.64. The number of anilines is 1. The van der Waals surface area contributed by atoms with Crippen molar-refractivity contribution >= 4 is 56.2 Å². The van der Waals surface area contributed by atoms with Gasteiger partial charge in [0.05, 0.1) is 5.69 Å². The second-order valence-corrected chi connectivity index (χ2v) is 5.97. The second-order valence-electron chi connectivity index (χ2n) is 3.87. The SMILES string of the molecule is CCCN(CC(=O)O)C(=O)Nc1cc(I)ccc1Br. The van der Waals surface area contributed by atoms with E-state index in [0.29, 0.717) is 18.7 Å². The van der Waals surface area contributed by atoms with Gasteiger partial charge < -0.3 is 15.3 Å². The van der Waals surface area contributed by atoms with Crippen LogP contribution < -0.4 is 5.32 Å². The van der Waals surface area contributed by atoms with Crippen molar-refractivity contribution in [1.82, 2.24) is 4.90 Å². The highest BCUT2D eigenvalue weighted by Gasteiger charge is 2.16. The lowest BCUT2D eigenvalue weighted by Crippen LogP contribution is -2.39. The Bertz CT molecular complexity index is 482. The van der Waals surface area contributed by atoms with E-state index in [1.54, 1.807) is 0 Å². The number of hydrogen-bond donors (Lipinski definition) is 2. The number of rotatable bonds is 5. The largest absolute Gasteiger partial charge is 0.480 e. The average molecular weight is 441 g/mol. The van der Waals surface area contributed by atoms with E-state index in [0.717, 1.165) is 8.04 Å². The highest BCUT2D eigenvalue weighted by Crippen LogP contribution is 2.24. The number of aliphatic carboxylic acids is 1. The lowest BCUT2D eigenvalue weighted by molar-refractivity contribution is -0.137. The molecule has 0 spiro atoms. The Morgan fingerprint density at radius 1 is 1.47 bits per heavy atom. The van der Waals surface area contributed by atoms with Crippen LogP contribution in [0.3, 0.4) is 0 Å². The molecule has 0 aliphatic carbocycles. The summed E-state index contributed by atoms with van der Waals surface area (Å²) in [6, 6.07) is 5.14. The Morgan fingerprint density at radius 2 is 2.16 bits per heavy atom. The predicted octanol–water partition coefficient (Wildman–Crippen LogP) is 3.38. The first kappa shape index (κ1) is 16.2.